The van der Waals surface area contributed by atoms with Crippen molar-refractivity contribution in [1.29, 1.82) is 0 Å². The Bertz CT molecular complexity index is 1360. The summed E-state index contributed by atoms with van der Waals surface area (Å²) in [6, 6.07) is 10.5. The Morgan fingerprint density at radius 2 is 1.87 bits per heavy atom. The van der Waals surface area contributed by atoms with Crippen LogP contribution in [0.25, 0.3) is 28.9 Å². The molecule has 0 bridgehead atoms. The number of aromatic nitrogens is 5. The topological polar surface area (TPSA) is 62.1 Å². The molecule has 6 nitrogen and oxygen atoms in total. The Kier molecular flexibility index (Phi) is 4.37. The van der Waals surface area contributed by atoms with Crippen molar-refractivity contribution in [1.82, 2.24) is 24.8 Å². The normalized spacial score (nSPS) is 18.5. The number of anilines is 1. The predicted octanol–water partition coefficient (Wildman–Crippen LogP) is 3.17. The molecule has 4 heterocycles. The van der Waals surface area contributed by atoms with Crippen molar-refractivity contribution in [3.05, 3.63) is 64.4 Å². The summed E-state index contributed by atoms with van der Waals surface area (Å²) in [6.45, 7) is 4.24. The Labute approximate surface area is 180 Å². The number of aromatic amines is 1. The SMILES string of the molecule is Cc1cnc(N2CCCCC2)n2nc(-c3ccccc3)c(C3C=c4cn[nH]c4=CC3)c12. The highest BCUT2D eigenvalue weighted by Gasteiger charge is 2.26. The molecule has 2 aliphatic rings. The van der Waals surface area contributed by atoms with Gasteiger partial charge in [-0.3, -0.25) is 5.10 Å². The van der Waals surface area contributed by atoms with Gasteiger partial charge in [-0.2, -0.15) is 14.7 Å². The Balaban J connectivity index is 1.62. The van der Waals surface area contributed by atoms with E-state index in [9.17, 15) is 0 Å². The molecule has 31 heavy (non-hydrogen) atoms. The maximum atomic E-state index is 5.19. The summed E-state index contributed by atoms with van der Waals surface area (Å²) in [4.78, 5) is 7.24. The van der Waals surface area contributed by atoms with Crippen LogP contribution in [0.2, 0.25) is 0 Å². The highest BCUT2D eigenvalue weighted by atomic mass is 15.4. The maximum absolute atomic E-state index is 5.19. The predicted molar refractivity (Wildman–Crippen MR) is 123 cm³/mol. The lowest BCUT2D eigenvalue weighted by atomic mass is 9.88. The van der Waals surface area contributed by atoms with Crippen LogP contribution in [-0.4, -0.2) is 37.9 Å². The zero-order valence-electron chi connectivity index (χ0n) is 17.8. The molecule has 1 fully saturated rings. The van der Waals surface area contributed by atoms with Crippen LogP contribution in [0.3, 0.4) is 0 Å². The average molecular weight is 411 g/mol. The molecule has 4 aromatic rings. The van der Waals surface area contributed by atoms with Gasteiger partial charge >= 0.3 is 0 Å². The summed E-state index contributed by atoms with van der Waals surface area (Å²) in [5, 5.41) is 14.8. The first-order valence-corrected chi connectivity index (χ1v) is 11.2. The number of benzene rings is 1. The molecule has 6 rings (SSSR count). The molecule has 0 saturated carbocycles. The molecule has 6 heteroatoms. The molecule has 1 N–H and O–H groups in total. The van der Waals surface area contributed by atoms with Gasteiger partial charge in [-0.25, -0.2) is 4.98 Å². The van der Waals surface area contributed by atoms with E-state index in [2.05, 4.69) is 69.0 Å². The van der Waals surface area contributed by atoms with E-state index in [0.29, 0.717) is 0 Å². The Morgan fingerprint density at radius 3 is 2.71 bits per heavy atom. The number of fused-ring (bicyclic) bond motifs is 2. The van der Waals surface area contributed by atoms with Crippen molar-refractivity contribution >= 4 is 23.6 Å². The number of hydrogen-bond acceptors (Lipinski definition) is 4. The van der Waals surface area contributed by atoms with Gasteiger partial charge in [0.15, 0.2) is 0 Å². The van der Waals surface area contributed by atoms with Gasteiger partial charge in [0.2, 0.25) is 5.95 Å². The summed E-state index contributed by atoms with van der Waals surface area (Å²) in [7, 11) is 0. The standard InChI is InChI=1S/C25H26N6/c1-17-15-26-25(30-12-6-3-7-13-30)31-24(17)22(23(29-31)18-8-4-2-5-9-18)19-10-11-21-20(14-19)16-27-28-21/h2,4-5,8-9,11,14-16,19,28H,3,6-7,10,12-13H2,1H3. The van der Waals surface area contributed by atoms with E-state index in [1.165, 1.54) is 30.3 Å². The largest absolute Gasteiger partial charge is 0.341 e. The molecule has 1 aliphatic carbocycles. The molecular formula is C25H26N6. The van der Waals surface area contributed by atoms with Gasteiger partial charge in [0, 0.05) is 41.5 Å². The quantitative estimate of drug-likeness (QED) is 0.564. The van der Waals surface area contributed by atoms with Gasteiger partial charge in [-0.15, -0.1) is 0 Å². The molecular weight excluding hydrogens is 384 g/mol. The number of H-pyrrole nitrogens is 1. The molecule has 0 spiro atoms. The number of aryl methyl sites for hydroxylation is 1. The van der Waals surface area contributed by atoms with E-state index >= 15 is 0 Å². The smallest absolute Gasteiger partial charge is 0.227 e. The fourth-order valence-corrected chi connectivity index (χ4v) is 5.03. The summed E-state index contributed by atoms with van der Waals surface area (Å²) < 4.78 is 2.11. The highest BCUT2D eigenvalue weighted by Crippen LogP contribution is 2.38. The summed E-state index contributed by atoms with van der Waals surface area (Å²) in [6.07, 6.45) is 13.2. The van der Waals surface area contributed by atoms with E-state index in [1.54, 1.807) is 0 Å². The van der Waals surface area contributed by atoms with Crippen LogP contribution in [0.5, 0.6) is 0 Å². The zero-order valence-corrected chi connectivity index (χ0v) is 17.8. The number of nitrogens with one attached hydrogen (secondary N) is 1. The molecule has 0 amide bonds. The first-order chi connectivity index (χ1) is 15.3. The fraction of sp³-hybridized carbons (Fsp3) is 0.320. The Hall–Kier alpha value is -3.41. The van der Waals surface area contributed by atoms with Crippen molar-refractivity contribution < 1.29 is 0 Å². The maximum Gasteiger partial charge on any atom is 0.227 e. The third-order valence-electron chi connectivity index (χ3n) is 6.57. The van der Waals surface area contributed by atoms with Crippen LogP contribution in [0.1, 0.15) is 42.7 Å². The van der Waals surface area contributed by atoms with Crippen molar-refractivity contribution in [2.45, 2.75) is 38.5 Å². The highest BCUT2D eigenvalue weighted by molar-refractivity contribution is 5.79. The lowest BCUT2D eigenvalue weighted by Gasteiger charge is -2.28. The second-order valence-corrected chi connectivity index (χ2v) is 8.63. The van der Waals surface area contributed by atoms with Crippen molar-refractivity contribution in [2.75, 3.05) is 18.0 Å². The number of nitrogens with zero attached hydrogens (tertiary/aromatic N) is 5. The van der Waals surface area contributed by atoms with Crippen LogP contribution in [-0.2, 0) is 0 Å². The van der Waals surface area contributed by atoms with Crippen molar-refractivity contribution in [2.24, 2.45) is 0 Å². The summed E-state index contributed by atoms with van der Waals surface area (Å²) in [5.41, 5.74) is 5.84. The van der Waals surface area contributed by atoms with E-state index in [1.807, 2.05) is 12.4 Å². The van der Waals surface area contributed by atoms with Gasteiger partial charge in [-0.1, -0.05) is 42.5 Å². The van der Waals surface area contributed by atoms with Crippen LogP contribution < -0.4 is 15.5 Å². The minimum atomic E-state index is 0.244. The number of rotatable bonds is 3. The molecule has 3 aromatic heterocycles. The second kappa shape index (κ2) is 7.38. The minimum Gasteiger partial charge on any atom is -0.341 e. The second-order valence-electron chi connectivity index (χ2n) is 8.63. The number of piperidine rings is 1. The Morgan fingerprint density at radius 1 is 1.03 bits per heavy atom. The lowest BCUT2D eigenvalue weighted by molar-refractivity contribution is 0.562. The van der Waals surface area contributed by atoms with Gasteiger partial charge < -0.3 is 4.90 Å². The first-order valence-electron chi connectivity index (χ1n) is 11.2. The third kappa shape index (κ3) is 3.05. The molecule has 1 aromatic carbocycles. The monoisotopic (exact) mass is 410 g/mol. The van der Waals surface area contributed by atoms with E-state index in [4.69, 9.17) is 10.1 Å². The third-order valence-corrected chi connectivity index (χ3v) is 6.57. The van der Waals surface area contributed by atoms with Crippen LogP contribution in [0.15, 0.2) is 42.7 Å². The van der Waals surface area contributed by atoms with Crippen molar-refractivity contribution in [3.63, 3.8) is 0 Å². The first kappa shape index (κ1) is 18.4. The lowest BCUT2D eigenvalue weighted by Crippen LogP contribution is -2.32. The van der Waals surface area contributed by atoms with Gasteiger partial charge in [0.25, 0.3) is 0 Å². The average Bonchev–Trinajstić information content (AvgIpc) is 3.45. The van der Waals surface area contributed by atoms with Crippen LogP contribution in [0.4, 0.5) is 5.95 Å². The number of hydrogen-bond donors (Lipinski definition) is 1. The van der Waals surface area contributed by atoms with Crippen LogP contribution in [0, 0.1) is 6.92 Å². The van der Waals surface area contributed by atoms with Gasteiger partial charge in [0.05, 0.1) is 22.8 Å². The molecule has 1 saturated heterocycles. The summed E-state index contributed by atoms with van der Waals surface area (Å²) >= 11 is 0. The minimum absolute atomic E-state index is 0.244. The van der Waals surface area contributed by atoms with Gasteiger partial charge in [0.1, 0.15) is 0 Å². The van der Waals surface area contributed by atoms with E-state index in [0.717, 1.165) is 52.8 Å². The van der Waals surface area contributed by atoms with Crippen molar-refractivity contribution in [3.8, 4) is 11.3 Å². The van der Waals surface area contributed by atoms with Gasteiger partial charge in [-0.05, 0) is 38.2 Å². The van der Waals surface area contributed by atoms with E-state index < -0.39 is 0 Å². The van der Waals surface area contributed by atoms with E-state index in [-0.39, 0.29) is 5.92 Å². The molecule has 156 valence electrons. The zero-order chi connectivity index (χ0) is 20.8. The molecule has 1 atom stereocenters. The molecule has 1 aliphatic heterocycles. The molecule has 0 radical (unpaired) electrons. The fourth-order valence-electron chi connectivity index (χ4n) is 5.03. The summed E-state index contributed by atoms with van der Waals surface area (Å²) in [5.74, 6) is 1.21. The molecule has 1 unspecified atom stereocenters. The van der Waals surface area contributed by atoms with Crippen LogP contribution >= 0.6 is 0 Å².